The molecule has 112 valence electrons. The number of aryl methyl sites for hydroxylation is 2. The third kappa shape index (κ3) is 3.80. The average Bonchev–Trinajstić information content (AvgIpc) is 2.48. The lowest BCUT2D eigenvalue weighted by Crippen LogP contribution is -2.18. The molecule has 1 aromatic carbocycles. The van der Waals surface area contributed by atoms with E-state index < -0.39 is 10.0 Å². The molecule has 0 aliphatic rings. The lowest BCUT2D eigenvalue weighted by Gasteiger charge is -2.12. The first kappa shape index (κ1) is 15.5. The minimum atomic E-state index is -3.43. The summed E-state index contributed by atoms with van der Waals surface area (Å²) in [6.45, 7) is 4.47. The van der Waals surface area contributed by atoms with Crippen LogP contribution in [0.5, 0.6) is 0 Å². The summed E-state index contributed by atoms with van der Waals surface area (Å²) in [5.74, 6) is 0. The van der Waals surface area contributed by atoms with Crippen molar-refractivity contribution in [2.75, 3.05) is 12.4 Å². The van der Waals surface area contributed by atoms with E-state index >= 15 is 0 Å². The number of nitrogens with one attached hydrogen (secondary N) is 2. The van der Waals surface area contributed by atoms with Crippen molar-refractivity contribution >= 4 is 15.7 Å². The van der Waals surface area contributed by atoms with Gasteiger partial charge in [0.25, 0.3) is 0 Å². The summed E-state index contributed by atoms with van der Waals surface area (Å²) in [6, 6.07) is 8.98. The van der Waals surface area contributed by atoms with Gasteiger partial charge in [-0.2, -0.15) is 0 Å². The SMILES string of the molecule is CNS(=O)(=O)c1ccc(C)c(NCc2ccc(C)nc2)c1. The van der Waals surface area contributed by atoms with E-state index in [1.165, 1.54) is 7.05 Å². The summed E-state index contributed by atoms with van der Waals surface area (Å²) in [7, 11) is -2.03. The van der Waals surface area contributed by atoms with Gasteiger partial charge in [0.05, 0.1) is 4.90 Å². The first-order valence-corrected chi connectivity index (χ1v) is 8.10. The minimum Gasteiger partial charge on any atom is -0.381 e. The Morgan fingerprint density at radius 3 is 2.52 bits per heavy atom. The molecular formula is C15H19N3O2S. The molecule has 21 heavy (non-hydrogen) atoms. The zero-order valence-corrected chi connectivity index (χ0v) is 13.2. The smallest absolute Gasteiger partial charge is 0.240 e. The van der Waals surface area contributed by atoms with Crippen molar-refractivity contribution in [2.45, 2.75) is 25.3 Å². The van der Waals surface area contributed by atoms with Crippen molar-refractivity contribution in [3.8, 4) is 0 Å². The number of hydrogen-bond acceptors (Lipinski definition) is 4. The van der Waals surface area contributed by atoms with Crippen LogP contribution in [0.25, 0.3) is 0 Å². The molecule has 0 fully saturated rings. The monoisotopic (exact) mass is 305 g/mol. The largest absolute Gasteiger partial charge is 0.381 e. The number of anilines is 1. The molecule has 0 radical (unpaired) electrons. The number of aromatic nitrogens is 1. The second-order valence-corrected chi connectivity index (χ2v) is 6.73. The highest BCUT2D eigenvalue weighted by Crippen LogP contribution is 2.20. The normalized spacial score (nSPS) is 11.4. The van der Waals surface area contributed by atoms with Crippen molar-refractivity contribution in [2.24, 2.45) is 0 Å². The maximum absolute atomic E-state index is 11.8. The highest BCUT2D eigenvalue weighted by Gasteiger charge is 2.12. The molecule has 0 aliphatic carbocycles. The van der Waals surface area contributed by atoms with Crippen LogP contribution in [0, 0.1) is 13.8 Å². The fourth-order valence-corrected chi connectivity index (χ4v) is 2.63. The number of benzene rings is 1. The van der Waals surface area contributed by atoms with Crippen molar-refractivity contribution in [3.05, 3.63) is 53.3 Å². The van der Waals surface area contributed by atoms with Gasteiger partial charge in [-0.25, -0.2) is 13.1 Å². The van der Waals surface area contributed by atoms with Crippen molar-refractivity contribution in [3.63, 3.8) is 0 Å². The van der Waals surface area contributed by atoms with Crippen molar-refractivity contribution in [1.82, 2.24) is 9.71 Å². The second kappa shape index (κ2) is 6.24. The highest BCUT2D eigenvalue weighted by atomic mass is 32.2. The van der Waals surface area contributed by atoms with Gasteiger partial charge in [0.15, 0.2) is 0 Å². The predicted octanol–water partition coefficient (Wildman–Crippen LogP) is 2.22. The highest BCUT2D eigenvalue weighted by molar-refractivity contribution is 7.89. The molecule has 1 aromatic heterocycles. The molecule has 0 saturated carbocycles. The van der Waals surface area contributed by atoms with E-state index in [1.54, 1.807) is 18.2 Å². The molecule has 5 nitrogen and oxygen atoms in total. The van der Waals surface area contributed by atoms with Gasteiger partial charge in [0.2, 0.25) is 10.0 Å². The predicted molar refractivity (Wildman–Crippen MR) is 83.7 cm³/mol. The van der Waals surface area contributed by atoms with E-state index in [1.807, 2.05) is 32.2 Å². The second-order valence-electron chi connectivity index (χ2n) is 4.85. The van der Waals surface area contributed by atoms with Gasteiger partial charge in [-0.1, -0.05) is 12.1 Å². The van der Waals surface area contributed by atoms with E-state index in [0.717, 1.165) is 22.5 Å². The Kier molecular flexibility index (Phi) is 4.59. The van der Waals surface area contributed by atoms with Gasteiger partial charge in [-0.05, 0) is 50.2 Å². The number of rotatable bonds is 5. The molecule has 0 amide bonds. The lowest BCUT2D eigenvalue weighted by molar-refractivity contribution is 0.588. The Balaban J connectivity index is 2.20. The minimum absolute atomic E-state index is 0.250. The van der Waals surface area contributed by atoms with E-state index in [0.29, 0.717) is 6.54 Å². The van der Waals surface area contributed by atoms with E-state index in [4.69, 9.17) is 0 Å². The zero-order chi connectivity index (χ0) is 15.5. The molecule has 2 aromatic rings. The Labute approximate surface area is 125 Å². The van der Waals surface area contributed by atoms with Gasteiger partial charge < -0.3 is 5.32 Å². The summed E-state index contributed by atoms with van der Waals surface area (Å²) in [5.41, 5.74) is 3.80. The summed E-state index contributed by atoms with van der Waals surface area (Å²) >= 11 is 0. The number of nitrogens with zero attached hydrogens (tertiary/aromatic N) is 1. The molecule has 0 aliphatic heterocycles. The molecule has 0 saturated heterocycles. The van der Waals surface area contributed by atoms with Gasteiger partial charge >= 0.3 is 0 Å². The summed E-state index contributed by atoms with van der Waals surface area (Å²) < 4.78 is 26.0. The first-order chi connectivity index (χ1) is 9.92. The topological polar surface area (TPSA) is 71.1 Å². The molecule has 0 unspecified atom stereocenters. The van der Waals surface area contributed by atoms with Crippen LogP contribution in [0.15, 0.2) is 41.4 Å². The Morgan fingerprint density at radius 2 is 1.90 bits per heavy atom. The Hall–Kier alpha value is -1.92. The molecule has 2 rings (SSSR count). The van der Waals surface area contributed by atoms with Gasteiger partial charge in [0.1, 0.15) is 0 Å². The lowest BCUT2D eigenvalue weighted by atomic mass is 10.2. The van der Waals surface area contributed by atoms with Gasteiger partial charge in [-0.15, -0.1) is 0 Å². The Bertz CT molecular complexity index is 725. The maximum Gasteiger partial charge on any atom is 0.240 e. The third-order valence-electron chi connectivity index (χ3n) is 3.24. The molecule has 6 heteroatoms. The summed E-state index contributed by atoms with van der Waals surface area (Å²) in [6.07, 6.45) is 1.81. The van der Waals surface area contributed by atoms with Crippen LogP contribution >= 0.6 is 0 Å². The van der Waals surface area contributed by atoms with Crippen LogP contribution in [-0.2, 0) is 16.6 Å². The van der Waals surface area contributed by atoms with Crippen LogP contribution in [-0.4, -0.2) is 20.4 Å². The van der Waals surface area contributed by atoms with Gasteiger partial charge in [0, 0.05) is 24.1 Å². The standard InChI is InChI=1S/C15H19N3O2S/c1-11-4-7-14(21(19,20)16-3)8-15(11)18-10-13-6-5-12(2)17-9-13/h4-9,16,18H,10H2,1-3H3. The first-order valence-electron chi connectivity index (χ1n) is 6.62. The quantitative estimate of drug-likeness (QED) is 0.888. The van der Waals surface area contributed by atoms with Crippen LogP contribution in [0.4, 0.5) is 5.69 Å². The van der Waals surface area contributed by atoms with Crippen molar-refractivity contribution in [1.29, 1.82) is 0 Å². The van der Waals surface area contributed by atoms with Crippen LogP contribution in [0.2, 0.25) is 0 Å². The van der Waals surface area contributed by atoms with Crippen molar-refractivity contribution < 1.29 is 8.42 Å². The number of sulfonamides is 1. The molecule has 2 N–H and O–H groups in total. The molecule has 0 spiro atoms. The molecular weight excluding hydrogens is 286 g/mol. The van der Waals surface area contributed by atoms with E-state index in [9.17, 15) is 8.42 Å². The zero-order valence-electron chi connectivity index (χ0n) is 12.3. The van der Waals surface area contributed by atoms with Gasteiger partial charge in [-0.3, -0.25) is 4.98 Å². The molecule has 0 bridgehead atoms. The van der Waals surface area contributed by atoms with E-state index in [2.05, 4.69) is 15.0 Å². The number of pyridine rings is 1. The third-order valence-corrected chi connectivity index (χ3v) is 4.66. The van der Waals surface area contributed by atoms with Crippen LogP contribution in [0.3, 0.4) is 0 Å². The Morgan fingerprint density at radius 1 is 1.14 bits per heavy atom. The van der Waals surface area contributed by atoms with Crippen LogP contribution < -0.4 is 10.0 Å². The summed E-state index contributed by atoms with van der Waals surface area (Å²) in [4.78, 5) is 4.49. The fraction of sp³-hybridized carbons (Fsp3) is 0.267. The number of hydrogen-bond donors (Lipinski definition) is 2. The fourth-order valence-electron chi connectivity index (χ4n) is 1.88. The van der Waals surface area contributed by atoms with E-state index in [-0.39, 0.29) is 4.90 Å². The average molecular weight is 305 g/mol. The maximum atomic E-state index is 11.8. The summed E-state index contributed by atoms with van der Waals surface area (Å²) in [5, 5.41) is 3.25. The molecule has 1 heterocycles. The molecule has 0 atom stereocenters. The van der Waals surface area contributed by atoms with Crippen LogP contribution in [0.1, 0.15) is 16.8 Å².